The molecular formula is C18H21N3O6. The second-order valence-electron chi connectivity index (χ2n) is 5.46. The Balaban J connectivity index is 2.95. The van der Waals surface area contributed by atoms with Gasteiger partial charge in [-0.3, -0.25) is 0 Å². The Morgan fingerprint density at radius 1 is 0.630 bits per heavy atom. The monoisotopic (exact) mass is 375 g/mol. The van der Waals surface area contributed by atoms with Gasteiger partial charge in [-0.25, -0.2) is 14.4 Å². The lowest BCUT2D eigenvalue weighted by molar-refractivity contribution is -0.141. The van der Waals surface area contributed by atoms with Crippen LogP contribution in [0.4, 0.5) is 0 Å². The minimum atomic E-state index is -0.765. The van der Waals surface area contributed by atoms with Gasteiger partial charge in [0.05, 0.1) is 0 Å². The Hall–Kier alpha value is -3.75. The summed E-state index contributed by atoms with van der Waals surface area (Å²) in [5.74, 6) is -2.30. The highest BCUT2D eigenvalue weighted by Crippen LogP contribution is 2.15. The molecule has 0 aliphatic carbocycles. The lowest BCUT2D eigenvalue weighted by Crippen LogP contribution is -2.15. The van der Waals surface area contributed by atoms with Crippen molar-refractivity contribution in [2.45, 2.75) is 19.8 Å². The summed E-state index contributed by atoms with van der Waals surface area (Å²) in [5, 5.41) is 0. The molecule has 0 atom stereocenters. The largest absolute Gasteiger partial charge is 0.456 e. The molecule has 0 amide bonds. The van der Waals surface area contributed by atoms with Crippen LogP contribution in [0.1, 0.15) is 16.7 Å². The van der Waals surface area contributed by atoms with E-state index in [1.807, 2.05) is 0 Å². The van der Waals surface area contributed by atoms with Crippen LogP contribution in [0.3, 0.4) is 0 Å². The van der Waals surface area contributed by atoms with E-state index in [4.69, 9.17) is 31.4 Å². The van der Waals surface area contributed by atoms with Crippen molar-refractivity contribution in [3.05, 3.63) is 71.7 Å². The van der Waals surface area contributed by atoms with Crippen molar-refractivity contribution in [1.82, 2.24) is 0 Å². The minimum absolute atomic E-state index is 0.120. The molecule has 0 aliphatic rings. The molecule has 0 spiro atoms. The summed E-state index contributed by atoms with van der Waals surface area (Å²) in [6, 6.07) is 4.89. The molecule has 9 nitrogen and oxygen atoms in total. The highest BCUT2D eigenvalue weighted by atomic mass is 16.5. The fraction of sp³-hybridized carbons (Fsp3) is 0.167. The van der Waals surface area contributed by atoms with Crippen molar-refractivity contribution >= 4 is 17.9 Å². The molecule has 0 aromatic heterocycles. The van der Waals surface area contributed by atoms with Crippen LogP contribution in [-0.2, 0) is 48.4 Å². The fourth-order valence-electron chi connectivity index (χ4n) is 1.81. The minimum Gasteiger partial charge on any atom is -0.456 e. The van der Waals surface area contributed by atoms with E-state index in [1.54, 1.807) is 18.2 Å². The molecule has 0 unspecified atom stereocenters. The Morgan fingerprint density at radius 2 is 0.852 bits per heavy atom. The Kier molecular flexibility index (Phi) is 7.62. The molecular weight excluding hydrogens is 354 g/mol. The normalized spacial score (nSPS) is 9.78. The zero-order chi connectivity index (χ0) is 20.6. The first-order valence-corrected chi connectivity index (χ1v) is 7.56. The second-order valence-corrected chi connectivity index (χ2v) is 5.46. The molecule has 0 fully saturated rings. The Bertz CT molecular complexity index is 683. The number of esters is 3. The van der Waals surface area contributed by atoms with Crippen LogP contribution >= 0.6 is 0 Å². The molecule has 0 radical (unpaired) electrons. The van der Waals surface area contributed by atoms with Crippen LogP contribution in [-0.4, -0.2) is 17.9 Å². The number of carbonyl (C=O) groups is 3. The van der Waals surface area contributed by atoms with Gasteiger partial charge in [-0.1, -0.05) is 19.7 Å². The van der Waals surface area contributed by atoms with E-state index < -0.39 is 17.9 Å². The summed E-state index contributed by atoms with van der Waals surface area (Å²) in [4.78, 5) is 34.3. The van der Waals surface area contributed by atoms with Gasteiger partial charge in [0.25, 0.3) is 0 Å². The van der Waals surface area contributed by atoms with Gasteiger partial charge >= 0.3 is 17.9 Å². The van der Waals surface area contributed by atoms with E-state index in [9.17, 15) is 14.4 Å². The fourth-order valence-corrected chi connectivity index (χ4v) is 1.81. The van der Waals surface area contributed by atoms with Crippen molar-refractivity contribution in [2.75, 3.05) is 0 Å². The Labute approximate surface area is 156 Å². The smallest absolute Gasteiger partial charge is 0.353 e. The van der Waals surface area contributed by atoms with Gasteiger partial charge in [-0.15, -0.1) is 0 Å². The van der Waals surface area contributed by atoms with Gasteiger partial charge in [0.15, 0.2) is 0 Å². The first kappa shape index (κ1) is 21.3. The topological polar surface area (TPSA) is 157 Å². The first-order valence-electron chi connectivity index (χ1n) is 7.56. The third-order valence-electron chi connectivity index (χ3n) is 3.01. The summed E-state index contributed by atoms with van der Waals surface area (Å²) in [5.41, 5.74) is 16.7. The van der Waals surface area contributed by atoms with Crippen LogP contribution < -0.4 is 17.2 Å². The average Bonchev–Trinajstić information content (AvgIpc) is 2.61. The quantitative estimate of drug-likeness (QED) is 0.312. The van der Waals surface area contributed by atoms with Crippen LogP contribution in [0, 0.1) is 0 Å². The van der Waals surface area contributed by atoms with Gasteiger partial charge in [-0.2, -0.15) is 0 Å². The maximum Gasteiger partial charge on any atom is 0.353 e. The number of carbonyl (C=O) groups excluding carboxylic acids is 3. The maximum absolute atomic E-state index is 11.4. The molecule has 1 aromatic carbocycles. The highest BCUT2D eigenvalue weighted by molar-refractivity contribution is 5.87. The van der Waals surface area contributed by atoms with E-state index in [2.05, 4.69) is 19.7 Å². The maximum atomic E-state index is 11.4. The summed E-state index contributed by atoms with van der Waals surface area (Å²) in [7, 11) is 0. The van der Waals surface area contributed by atoms with E-state index in [-0.39, 0.29) is 36.9 Å². The molecule has 0 saturated heterocycles. The standard InChI is InChI=1S/C18H21N3O6/c1-10(19)16(22)25-7-13-4-14(8-26-17(23)11(2)20)6-15(5-13)9-27-18(24)12(3)21/h4-6H,1-3,7-9,19-21H2. The third kappa shape index (κ3) is 7.34. The predicted molar refractivity (Wildman–Crippen MR) is 95.8 cm³/mol. The van der Waals surface area contributed by atoms with Gasteiger partial charge in [0.1, 0.15) is 36.9 Å². The average molecular weight is 375 g/mol. The molecule has 0 saturated carbocycles. The molecule has 1 rings (SSSR count). The van der Waals surface area contributed by atoms with Crippen LogP contribution in [0.25, 0.3) is 0 Å². The van der Waals surface area contributed by atoms with E-state index >= 15 is 0 Å². The van der Waals surface area contributed by atoms with E-state index in [0.29, 0.717) is 16.7 Å². The molecule has 27 heavy (non-hydrogen) atoms. The molecule has 144 valence electrons. The van der Waals surface area contributed by atoms with Crippen molar-refractivity contribution in [2.24, 2.45) is 17.2 Å². The van der Waals surface area contributed by atoms with E-state index in [1.165, 1.54) is 0 Å². The number of ether oxygens (including phenoxy) is 3. The SMILES string of the molecule is C=C(N)C(=O)OCc1cc(COC(=O)C(=C)N)cc(COC(=O)C(=C)N)c1. The summed E-state index contributed by atoms with van der Waals surface area (Å²) >= 11 is 0. The zero-order valence-corrected chi connectivity index (χ0v) is 14.7. The number of benzene rings is 1. The molecule has 0 heterocycles. The summed E-state index contributed by atoms with van der Waals surface area (Å²) in [6.07, 6.45) is 0. The molecule has 9 heteroatoms. The number of rotatable bonds is 9. The first-order chi connectivity index (χ1) is 12.6. The van der Waals surface area contributed by atoms with Gasteiger partial charge in [0, 0.05) is 0 Å². The van der Waals surface area contributed by atoms with Crippen molar-refractivity contribution < 1.29 is 28.6 Å². The number of nitrogens with two attached hydrogens (primary N) is 3. The lowest BCUT2D eigenvalue weighted by Gasteiger charge is -2.12. The van der Waals surface area contributed by atoms with E-state index in [0.717, 1.165) is 0 Å². The predicted octanol–water partition coefficient (Wildman–Crippen LogP) is 0.233. The number of hydrogen-bond acceptors (Lipinski definition) is 9. The molecule has 1 aromatic rings. The van der Waals surface area contributed by atoms with Gasteiger partial charge in [0.2, 0.25) is 0 Å². The molecule has 6 N–H and O–H groups in total. The Morgan fingerprint density at radius 3 is 1.04 bits per heavy atom. The van der Waals surface area contributed by atoms with Crippen LogP contribution in [0.5, 0.6) is 0 Å². The summed E-state index contributed by atoms with van der Waals surface area (Å²) < 4.78 is 14.9. The zero-order valence-electron chi connectivity index (χ0n) is 14.7. The van der Waals surface area contributed by atoms with Crippen LogP contribution in [0.2, 0.25) is 0 Å². The van der Waals surface area contributed by atoms with Gasteiger partial charge in [-0.05, 0) is 34.9 Å². The van der Waals surface area contributed by atoms with Crippen molar-refractivity contribution in [3.8, 4) is 0 Å². The van der Waals surface area contributed by atoms with Crippen molar-refractivity contribution in [1.29, 1.82) is 0 Å². The van der Waals surface area contributed by atoms with Gasteiger partial charge < -0.3 is 31.4 Å². The number of hydrogen-bond donors (Lipinski definition) is 3. The second kappa shape index (κ2) is 9.66. The summed E-state index contributed by atoms with van der Waals surface area (Å²) in [6.45, 7) is 9.48. The van der Waals surface area contributed by atoms with Crippen LogP contribution in [0.15, 0.2) is 55.0 Å². The third-order valence-corrected chi connectivity index (χ3v) is 3.01. The molecule has 0 bridgehead atoms. The highest BCUT2D eigenvalue weighted by Gasteiger charge is 2.11. The lowest BCUT2D eigenvalue weighted by atomic mass is 10.1. The van der Waals surface area contributed by atoms with Crippen molar-refractivity contribution in [3.63, 3.8) is 0 Å². The molecule has 0 aliphatic heterocycles.